The van der Waals surface area contributed by atoms with E-state index in [9.17, 15) is 13.6 Å². The van der Waals surface area contributed by atoms with Crippen LogP contribution in [-0.4, -0.2) is 47.2 Å². The second-order valence-corrected chi connectivity index (χ2v) is 4.44. The Morgan fingerprint density at radius 1 is 1.37 bits per heavy atom. The van der Waals surface area contributed by atoms with Crippen LogP contribution in [0.3, 0.4) is 0 Å². The van der Waals surface area contributed by atoms with E-state index in [-0.39, 0.29) is 30.3 Å². The van der Waals surface area contributed by atoms with Crippen molar-refractivity contribution < 1.29 is 23.8 Å². The average Bonchev–Trinajstić information content (AvgIpc) is 2.27. The number of carboxylic acid groups (broad SMARTS) is 1. The number of aliphatic hydroxyl groups is 1. The van der Waals surface area contributed by atoms with E-state index < -0.39 is 18.9 Å². The number of alkyl halides is 2. The number of nitrogens with zero attached hydrogens (tertiary/aromatic N) is 1. The van der Waals surface area contributed by atoms with Gasteiger partial charge in [0.1, 0.15) is 0 Å². The van der Waals surface area contributed by atoms with Gasteiger partial charge in [-0.25, -0.2) is 13.6 Å². The number of halogens is 3. The molecule has 2 N–H and O–H groups in total. The molecule has 0 aromatic heterocycles. The van der Waals surface area contributed by atoms with Crippen LogP contribution < -0.4 is 0 Å². The Labute approximate surface area is 114 Å². The molecule has 0 saturated heterocycles. The first-order chi connectivity index (χ1) is 8.92. The predicted octanol–water partition coefficient (Wildman–Crippen LogP) is 2.10. The Balaban J connectivity index is 2.86. The van der Waals surface area contributed by atoms with Crippen LogP contribution in [0.15, 0.2) is 18.2 Å². The highest BCUT2D eigenvalue weighted by atomic mass is 35.5. The lowest BCUT2D eigenvalue weighted by Crippen LogP contribution is -2.31. The molecule has 0 aliphatic heterocycles. The zero-order valence-corrected chi connectivity index (χ0v) is 10.8. The molecule has 0 spiro atoms. The Kier molecular flexibility index (Phi) is 6.14. The summed E-state index contributed by atoms with van der Waals surface area (Å²) in [4.78, 5) is 12.2. The molecule has 0 saturated carbocycles. The van der Waals surface area contributed by atoms with Crippen molar-refractivity contribution in [1.29, 1.82) is 0 Å². The maximum Gasteiger partial charge on any atom is 0.335 e. The molecule has 0 amide bonds. The van der Waals surface area contributed by atoms with Gasteiger partial charge < -0.3 is 10.2 Å². The first kappa shape index (κ1) is 15.8. The van der Waals surface area contributed by atoms with Gasteiger partial charge in [0.2, 0.25) is 0 Å². The first-order valence-electron chi connectivity index (χ1n) is 5.56. The Hall–Kier alpha value is -1.24. The molecule has 19 heavy (non-hydrogen) atoms. The summed E-state index contributed by atoms with van der Waals surface area (Å²) in [5, 5.41) is 17.9. The average molecular weight is 294 g/mol. The highest BCUT2D eigenvalue weighted by Gasteiger charge is 2.14. The minimum Gasteiger partial charge on any atom is -0.478 e. The normalized spacial score (nSPS) is 11.3. The van der Waals surface area contributed by atoms with E-state index in [4.69, 9.17) is 21.8 Å². The fourth-order valence-corrected chi connectivity index (χ4v) is 1.95. The van der Waals surface area contributed by atoms with Crippen molar-refractivity contribution in [3.63, 3.8) is 0 Å². The monoisotopic (exact) mass is 293 g/mol. The Bertz CT molecular complexity index is 443. The van der Waals surface area contributed by atoms with Crippen LogP contribution in [0, 0.1) is 0 Å². The summed E-state index contributed by atoms with van der Waals surface area (Å²) in [7, 11) is 0. The molecular weight excluding hydrogens is 280 g/mol. The molecule has 1 aromatic rings. The van der Waals surface area contributed by atoms with Gasteiger partial charge in [-0.15, -0.1) is 0 Å². The molecular formula is C12H14ClF2NO3. The third kappa shape index (κ3) is 5.50. The lowest BCUT2D eigenvalue weighted by atomic mass is 10.1. The molecule has 0 radical (unpaired) electrons. The van der Waals surface area contributed by atoms with E-state index in [1.165, 1.54) is 23.1 Å². The van der Waals surface area contributed by atoms with Crippen LogP contribution in [-0.2, 0) is 6.54 Å². The standard InChI is InChI=1S/C12H14ClF2NO3/c13-10-4-8(3-9(5-10)12(18)19)6-16(1-2-17)7-11(14)15/h3-5,11,17H,1-2,6-7H2,(H,18,19). The van der Waals surface area contributed by atoms with E-state index in [1.54, 1.807) is 0 Å². The van der Waals surface area contributed by atoms with Crippen molar-refractivity contribution in [3.8, 4) is 0 Å². The van der Waals surface area contributed by atoms with Gasteiger partial charge in [-0.3, -0.25) is 4.90 Å². The van der Waals surface area contributed by atoms with Crippen LogP contribution in [0.5, 0.6) is 0 Å². The molecule has 0 fully saturated rings. The number of rotatable bonds is 7. The minimum atomic E-state index is -2.52. The first-order valence-corrected chi connectivity index (χ1v) is 5.94. The van der Waals surface area contributed by atoms with Gasteiger partial charge in [0.15, 0.2) is 0 Å². The van der Waals surface area contributed by atoms with Crippen LogP contribution in [0.1, 0.15) is 15.9 Å². The second kappa shape index (κ2) is 7.37. The largest absolute Gasteiger partial charge is 0.478 e. The zero-order chi connectivity index (χ0) is 14.4. The number of hydrogen-bond acceptors (Lipinski definition) is 3. The van der Waals surface area contributed by atoms with E-state index in [0.717, 1.165) is 0 Å². The van der Waals surface area contributed by atoms with Crippen LogP contribution in [0.25, 0.3) is 0 Å². The number of aromatic carboxylic acids is 1. The van der Waals surface area contributed by atoms with Gasteiger partial charge in [-0.1, -0.05) is 11.6 Å². The van der Waals surface area contributed by atoms with Crippen molar-refractivity contribution in [1.82, 2.24) is 4.90 Å². The minimum absolute atomic E-state index is 0.00324. The van der Waals surface area contributed by atoms with Gasteiger partial charge in [0.05, 0.1) is 18.7 Å². The summed E-state index contributed by atoms with van der Waals surface area (Å²) in [6.45, 7) is -0.556. The van der Waals surface area contributed by atoms with Crippen LogP contribution >= 0.6 is 11.6 Å². The quantitative estimate of drug-likeness (QED) is 0.808. The molecule has 1 rings (SSSR count). The summed E-state index contributed by atoms with van der Waals surface area (Å²) in [5.74, 6) is -1.13. The van der Waals surface area contributed by atoms with Gasteiger partial charge in [0.25, 0.3) is 6.43 Å². The molecule has 0 atom stereocenters. The number of hydrogen-bond donors (Lipinski definition) is 2. The Morgan fingerprint density at radius 3 is 2.58 bits per heavy atom. The molecule has 1 aromatic carbocycles. The summed E-state index contributed by atoms with van der Waals surface area (Å²) < 4.78 is 24.7. The molecule has 0 unspecified atom stereocenters. The lowest BCUT2D eigenvalue weighted by Gasteiger charge is -2.21. The van der Waals surface area contributed by atoms with E-state index in [1.807, 2.05) is 0 Å². The molecule has 0 aliphatic rings. The van der Waals surface area contributed by atoms with Crippen molar-refractivity contribution in [2.24, 2.45) is 0 Å². The molecule has 0 bridgehead atoms. The fourth-order valence-electron chi connectivity index (χ4n) is 1.69. The maximum atomic E-state index is 12.4. The molecule has 106 valence electrons. The van der Waals surface area contributed by atoms with E-state index >= 15 is 0 Å². The van der Waals surface area contributed by atoms with E-state index in [2.05, 4.69) is 0 Å². The Morgan fingerprint density at radius 2 is 2.05 bits per heavy atom. The van der Waals surface area contributed by atoms with Crippen molar-refractivity contribution in [2.75, 3.05) is 19.7 Å². The van der Waals surface area contributed by atoms with Crippen LogP contribution in [0.4, 0.5) is 8.78 Å². The SMILES string of the molecule is O=C(O)c1cc(Cl)cc(CN(CCO)CC(F)F)c1. The van der Waals surface area contributed by atoms with Crippen molar-refractivity contribution >= 4 is 17.6 Å². The third-order valence-electron chi connectivity index (χ3n) is 2.42. The predicted molar refractivity (Wildman–Crippen MR) is 66.8 cm³/mol. The fraction of sp³-hybridized carbons (Fsp3) is 0.417. The number of carbonyl (C=O) groups is 1. The second-order valence-electron chi connectivity index (χ2n) is 4.00. The van der Waals surface area contributed by atoms with Crippen molar-refractivity contribution in [2.45, 2.75) is 13.0 Å². The number of aliphatic hydroxyl groups excluding tert-OH is 1. The summed E-state index contributed by atoms with van der Waals surface area (Å²) in [6, 6.07) is 4.19. The topological polar surface area (TPSA) is 60.8 Å². The van der Waals surface area contributed by atoms with Crippen molar-refractivity contribution in [3.05, 3.63) is 34.3 Å². The van der Waals surface area contributed by atoms with Gasteiger partial charge in [-0.2, -0.15) is 0 Å². The van der Waals surface area contributed by atoms with Crippen LogP contribution in [0.2, 0.25) is 5.02 Å². The zero-order valence-electron chi connectivity index (χ0n) is 10.0. The maximum absolute atomic E-state index is 12.4. The summed E-state index contributed by atoms with van der Waals surface area (Å²) in [5.41, 5.74) is 0.516. The molecule has 4 nitrogen and oxygen atoms in total. The highest BCUT2D eigenvalue weighted by Crippen LogP contribution is 2.17. The summed E-state index contributed by atoms with van der Waals surface area (Å²) >= 11 is 5.78. The number of carboxylic acids is 1. The lowest BCUT2D eigenvalue weighted by molar-refractivity contribution is 0.0691. The number of benzene rings is 1. The van der Waals surface area contributed by atoms with E-state index in [0.29, 0.717) is 5.56 Å². The van der Waals surface area contributed by atoms with Gasteiger partial charge in [-0.05, 0) is 23.8 Å². The molecule has 0 aliphatic carbocycles. The highest BCUT2D eigenvalue weighted by molar-refractivity contribution is 6.31. The summed E-state index contributed by atoms with van der Waals surface area (Å²) in [6.07, 6.45) is -2.52. The van der Waals surface area contributed by atoms with Gasteiger partial charge >= 0.3 is 5.97 Å². The molecule has 7 heteroatoms. The third-order valence-corrected chi connectivity index (χ3v) is 2.64. The smallest absolute Gasteiger partial charge is 0.335 e. The van der Waals surface area contributed by atoms with Gasteiger partial charge in [0, 0.05) is 18.1 Å². The molecule has 0 heterocycles.